The van der Waals surface area contributed by atoms with Gasteiger partial charge < -0.3 is 20.1 Å². The Kier molecular flexibility index (Phi) is 7.81. The zero-order chi connectivity index (χ0) is 16.4. The smallest absolute Gasteiger partial charge is 0.259 e. The summed E-state index contributed by atoms with van der Waals surface area (Å²) in [6.07, 6.45) is 3.11. The molecule has 1 rings (SSSR count). The summed E-state index contributed by atoms with van der Waals surface area (Å²) in [6.45, 7) is 2.65. The Morgan fingerprint density at radius 1 is 1.05 bits per heavy atom. The molecule has 2 N–H and O–H groups in total. The molecule has 0 saturated heterocycles. The SMILES string of the molecule is CCCCCNC(=O)CNC(=O)c1c(OC)cccc1OC. The van der Waals surface area contributed by atoms with E-state index >= 15 is 0 Å². The normalized spacial score (nSPS) is 9.95. The van der Waals surface area contributed by atoms with Crippen LogP contribution in [0.15, 0.2) is 18.2 Å². The highest BCUT2D eigenvalue weighted by Crippen LogP contribution is 2.27. The van der Waals surface area contributed by atoms with Crippen LogP contribution in [0.2, 0.25) is 0 Å². The lowest BCUT2D eigenvalue weighted by molar-refractivity contribution is -0.120. The largest absolute Gasteiger partial charge is 0.496 e. The summed E-state index contributed by atoms with van der Waals surface area (Å²) >= 11 is 0. The molecule has 0 heterocycles. The Labute approximate surface area is 131 Å². The summed E-state index contributed by atoms with van der Waals surface area (Å²) in [5.74, 6) is 0.191. The van der Waals surface area contributed by atoms with Crippen molar-refractivity contribution < 1.29 is 19.1 Å². The number of unbranched alkanes of at least 4 members (excludes halogenated alkanes) is 2. The second-order valence-electron chi connectivity index (χ2n) is 4.78. The number of ether oxygens (including phenoxy) is 2. The minimum atomic E-state index is -0.405. The Hall–Kier alpha value is -2.24. The topological polar surface area (TPSA) is 76.7 Å². The molecule has 6 nitrogen and oxygen atoms in total. The molecule has 0 saturated carbocycles. The van der Waals surface area contributed by atoms with Crippen molar-refractivity contribution in [2.75, 3.05) is 27.3 Å². The van der Waals surface area contributed by atoms with Gasteiger partial charge in [0, 0.05) is 6.54 Å². The van der Waals surface area contributed by atoms with Crippen LogP contribution in [-0.4, -0.2) is 39.1 Å². The van der Waals surface area contributed by atoms with Crippen molar-refractivity contribution in [1.82, 2.24) is 10.6 Å². The van der Waals surface area contributed by atoms with Crippen LogP contribution in [0, 0.1) is 0 Å². The minimum absolute atomic E-state index is 0.0772. The van der Waals surface area contributed by atoms with E-state index in [1.54, 1.807) is 18.2 Å². The summed E-state index contributed by atoms with van der Waals surface area (Å²) < 4.78 is 10.3. The predicted octanol–water partition coefficient (Wildman–Crippen LogP) is 1.74. The third-order valence-corrected chi connectivity index (χ3v) is 3.17. The van der Waals surface area contributed by atoms with Crippen molar-refractivity contribution in [3.63, 3.8) is 0 Å². The van der Waals surface area contributed by atoms with Crippen molar-refractivity contribution in [2.45, 2.75) is 26.2 Å². The average molecular weight is 308 g/mol. The standard InChI is InChI=1S/C16H24N2O4/c1-4-5-6-10-17-14(19)11-18-16(20)15-12(21-2)8-7-9-13(15)22-3/h7-9H,4-6,10-11H2,1-3H3,(H,17,19)(H,18,20). The van der Waals surface area contributed by atoms with Crippen LogP contribution in [-0.2, 0) is 4.79 Å². The van der Waals surface area contributed by atoms with Gasteiger partial charge in [-0.1, -0.05) is 25.8 Å². The molecule has 0 unspecified atom stereocenters. The Balaban J connectivity index is 2.57. The maximum atomic E-state index is 12.2. The summed E-state index contributed by atoms with van der Waals surface area (Å²) in [5, 5.41) is 5.34. The van der Waals surface area contributed by atoms with E-state index in [0.717, 1.165) is 19.3 Å². The number of carbonyl (C=O) groups is 2. The van der Waals surface area contributed by atoms with Crippen molar-refractivity contribution in [3.8, 4) is 11.5 Å². The molecule has 0 atom stereocenters. The van der Waals surface area contributed by atoms with Crippen LogP contribution in [0.3, 0.4) is 0 Å². The maximum absolute atomic E-state index is 12.2. The number of rotatable bonds is 9. The fourth-order valence-electron chi connectivity index (χ4n) is 1.99. The summed E-state index contributed by atoms with van der Waals surface area (Å²) in [7, 11) is 2.96. The van der Waals surface area contributed by atoms with E-state index in [1.807, 2.05) is 0 Å². The van der Waals surface area contributed by atoms with Gasteiger partial charge in [-0.2, -0.15) is 0 Å². The highest BCUT2D eigenvalue weighted by atomic mass is 16.5. The first-order valence-corrected chi connectivity index (χ1v) is 7.39. The molecular formula is C16H24N2O4. The molecule has 0 aromatic heterocycles. The molecule has 0 spiro atoms. The molecule has 0 fully saturated rings. The highest BCUT2D eigenvalue weighted by molar-refractivity contribution is 6.01. The van der Waals surface area contributed by atoms with Crippen LogP contribution < -0.4 is 20.1 Å². The first-order chi connectivity index (χ1) is 10.6. The fraction of sp³-hybridized carbons (Fsp3) is 0.500. The molecular weight excluding hydrogens is 284 g/mol. The van der Waals surface area contributed by atoms with Gasteiger partial charge in [0.2, 0.25) is 5.91 Å². The number of hydrogen-bond acceptors (Lipinski definition) is 4. The van der Waals surface area contributed by atoms with Crippen LogP contribution in [0.1, 0.15) is 36.5 Å². The number of hydrogen-bond donors (Lipinski definition) is 2. The maximum Gasteiger partial charge on any atom is 0.259 e. The number of methoxy groups -OCH3 is 2. The van der Waals surface area contributed by atoms with Crippen LogP contribution in [0.5, 0.6) is 11.5 Å². The van der Waals surface area contributed by atoms with E-state index in [4.69, 9.17) is 9.47 Å². The second kappa shape index (κ2) is 9.65. The van der Waals surface area contributed by atoms with Gasteiger partial charge in [-0.05, 0) is 18.6 Å². The summed E-state index contributed by atoms with van der Waals surface area (Å²) in [6, 6.07) is 5.07. The van der Waals surface area contributed by atoms with Gasteiger partial charge in [-0.3, -0.25) is 9.59 Å². The van der Waals surface area contributed by atoms with Gasteiger partial charge in [-0.25, -0.2) is 0 Å². The van der Waals surface area contributed by atoms with Crippen molar-refractivity contribution in [2.24, 2.45) is 0 Å². The minimum Gasteiger partial charge on any atom is -0.496 e. The van der Waals surface area contributed by atoms with E-state index in [9.17, 15) is 9.59 Å². The fourth-order valence-corrected chi connectivity index (χ4v) is 1.99. The molecule has 1 aromatic carbocycles. The first kappa shape index (κ1) is 17.8. The number of nitrogens with one attached hydrogen (secondary N) is 2. The number of amides is 2. The number of carbonyl (C=O) groups excluding carboxylic acids is 2. The Bertz CT molecular complexity index is 481. The third-order valence-electron chi connectivity index (χ3n) is 3.17. The summed E-state index contributed by atoms with van der Waals surface area (Å²) in [5.41, 5.74) is 0.284. The lowest BCUT2D eigenvalue weighted by Crippen LogP contribution is -2.37. The van der Waals surface area contributed by atoms with Crippen LogP contribution in [0.25, 0.3) is 0 Å². The molecule has 0 bridgehead atoms. The highest BCUT2D eigenvalue weighted by Gasteiger charge is 2.18. The molecule has 122 valence electrons. The van der Waals surface area contributed by atoms with Gasteiger partial charge >= 0.3 is 0 Å². The molecule has 0 radical (unpaired) electrons. The molecule has 0 aliphatic rings. The first-order valence-electron chi connectivity index (χ1n) is 7.39. The zero-order valence-corrected chi connectivity index (χ0v) is 13.4. The zero-order valence-electron chi connectivity index (χ0n) is 13.4. The van der Waals surface area contributed by atoms with Gasteiger partial charge in [0.15, 0.2) is 0 Å². The molecule has 6 heteroatoms. The second-order valence-corrected chi connectivity index (χ2v) is 4.78. The average Bonchev–Trinajstić information content (AvgIpc) is 2.55. The third kappa shape index (κ3) is 5.27. The van der Waals surface area contributed by atoms with Crippen molar-refractivity contribution >= 4 is 11.8 Å². The van der Waals surface area contributed by atoms with Crippen LogP contribution in [0.4, 0.5) is 0 Å². The van der Waals surface area contributed by atoms with Gasteiger partial charge in [0.1, 0.15) is 17.1 Å². The van der Waals surface area contributed by atoms with E-state index < -0.39 is 5.91 Å². The molecule has 1 aromatic rings. The van der Waals surface area contributed by atoms with Crippen molar-refractivity contribution in [3.05, 3.63) is 23.8 Å². The van der Waals surface area contributed by atoms with Crippen LogP contribution >= 0.6 is 0 Å². The Morgan fingerprint density at radius 2 is 1.68 bits per heavy atom. The van der Waals surface area contributed by atoms with Gasteiger partial charge in [-0.15, -0.1) is 0 Å². The molecule has 22 heavy (non-hydrogen) atoms. The van der Waals surface area contributed by atoms with E-state index in [0.29, 0.717) is 18.0 Å². The van der Waals surface area contributed by atoms with Crippen molar-refractivity contribution in [1.29, 1.82) is 0 Å². The lowest BCUT2D eigenvalue weighted by atomic mass is 10.1. The summed E-state index contributed by atoms with van der Waals surface area (Å²) in [4.78, 5) is 23.9. The predicted molar refractivity (Wildman–Crippen MR) is 84.4 cm³/mol. The van der Waals surface area contributed by atoms with E-state index in [1.165, 1.54) is 14.2 Å². The molecule has 2 amide bonds. The number of benzene rings is 1. The Morgan fingerprint density at radius 3 is 2.23 bits per heavy atom. The monoisotopic (exact) mass is 308 g/mol. The van der Waals surface area contributed by atoms with E-state index in [2.05, 4.69) is 17.6 Å². The lowest BCUT2D eigenvalue weighted by Gasteiger charge is -2.13. The molecule has 0 aliphatic heterocycles. The quantitative estimate of drug-likeness (QED) is 0.681. The molecule has 0 aliphatic carbocycles. The van der Waals surface area contributed by atoms with Gasteiger partial charge in [0.05, 0.1) is 20.8 Å². The van der Waals surface area contributed by atoms with Gasteiger partial charge in [0.25, 0.3) is 5.91 Å². The van der Waals surface area contributed by atoms with E-state index in [-0.39, 0.29) is 18.0 Å².